The van der Waals surface area contributed by atoms with Crippen molar-refractivity contribution in [2.75, 3.05) is 39.1 Å². The number of hydrogen-bond donors (Lipinski definition) is 2. The van der Waals surface area contributed by atoms with E-state index in [2.05, 4.69) is 29.7 Å². The largest absolute Gasteiger partial charge is 0.383 e. The fourth-order valence-corrected chi connectivity index (χ4v) is 2.15. The molecule has 0 radical (unpaired) electrons. The van der Waals surface area contributed by atoms with E-state index < -0.39 is 0 Å². The molecule has 0 aliphatic carbocycles. The van der Waals surface area contributed by atoms with Crippen LogP contribution in [0.1, 0.15) is 5.56 Å². The lowest BCUT2D eigenvalue weighted by molar-refractivity contribution is -0.118. The number of carbonyl (C=O) groups excluding carboxylic acids is 1. The van der Waals surface area contributed by atoms with Gasteiger partial charge < -0.3 is 15.4 Å². The molecule has 2 N–H and O–H groups in total. The summed E-state index contributed by atoms with van der Waals surface area (Å²) in [5, 5.41) is 6.05. The van der Waals surface area contributed by atoms with E-state index in [1.807, 2.05) is 12.1 Å². The Morgan fingerprint density at radius 3 is 2.63 bits per heavy atom. The molecule has 0 saturated heterocycles. The molecule has 1 rings (SSSR count). The second-order valence-corrected chi connectivity index (χ2v) is 5.24. The summed E-state index contributed by atoms with van der Waals surface area (Å²) in [6.07, 6.45) is 0. The molecule has 0 spiro atoms. The standard InChI is InChI=1S/C14H22N2O2S/c1-12-3-5-13(6-4-12)19-11-14(17)16-8-7-15-9-10-18-2/h3-6,15H,7-11H2,1-2H3,(H,16,17). The van der Waals surface area contributed by atoms with Gasteiger partial charge in [0.2, 0.25) is 5.91 Å². The Morgan fingerprint density at radius 1 is 1.21 bits per heavy atom. The number of carbonyl (C=O) groups is 1. The lowest BCUT2D eigenvalue weighted by Gasteiger charge is -2.06. The average Bonchev–Trinajstić information content (AvgIpc) is 2.42. The molecule has 4 nitrogen and oxygen atoms in total. The Morgan fingerprint density at radius 2 is 1.95 bits per heavy atom. The Hall–Kier alpha value is -1.04. The first kappa shape index (κ1) is 16.0. The third kappa shape index (κ3) is 7.87. The van der Waals surface area contributed by atoms with Gasteiger partial charge >= 0.3 is 0 Å². The number of nitrogens with one attached hydrogen (secondary N) is 2. The molecule has 106 valence electrons. The number of amides is 1. The van der Waals surface area contributed by atoms with E-state index >= 15 is 0 Å². The van der Waals surface area contributed by atoms with Crippen molar-refractivity contribution in [2.24, 2.45) is 0 Å². The van der Waals surface area contributed by atoms with Crippen LogP contribution in [0.5, 0.6) is 0 Å². The monoisotopic (exact) mass is 282 g/mol. The second kappa shape index (κ2) is 9.83. The SMILES string of the molecule is COCCNCCNC(=O)CSc1ccc(C)cc1. The van der Waals surface area contributed by atoms with Crippen LogP contribution in [0.2, 0.25) is 0 Å². The predicted octanol–water partition coefficient (Wildman–Crippen LogP) is 1.44. The van der Waals surface area contributed by atoms with Gasteiger partial charge in [-0.25, -0.2) is 0 Å². The molecular formula is C14H22N2O2S. The summed E-state index contributed by atoms with van der Waals surface area (Å²) < 4.78 is 4.91. The Labute approximate surface area is 119 Å². The van der Waals surface area contributed by atoms with Crippen LogP contribution in [0, 0.1) is 6.92 Å². The third-order valence-corrected chi connectivity index (χ3v) is 3.51. The van der Waals surface area contributed by atoms with E-state index in [-0.39, 0.29) is 5.91 Å². The van der Waals surface area contributed by atoms with Crippen LogP contribution >= 0.6 is 11.8 Å². The Balaban J connectivity index is 2.06. The molecule has 0 atom stereocenters. The number of rotatable bonds is 9. The molecule has 0 bridgehead atoms. The van der Waals surface area contributed by atoms with Crippen LogP contribution in [-0.4, -0.2) is 45.0 Å². The van der Waals surface area contributed by atoms with Crippen LogP contribution in [0.25, 0.3) is 0 Å². The maximum Gasteiger partial charge on any atom is 0.230 e. The molecular weight excluding hydrogens is 260 g/mol. The summed E-state index contributed by atoms with van der Waals surface area (Å²) in [5.74, 6) is 0.528. The van der Waals surface area contributed by atoms with E-state index in [4.69, 9.17) is 4.74 Å². The molecule has 1 aromatic carbocycles. The number of thioether (sulfide) groups is 1. The summed E-state index contributed by atoms with van der Waals surface area (Å²) in [6, 6.07) is 8.19. The highest BCUT2D eigenvalue weighted by Crippen LogP contribution is 2.17. The van der Waals surface area contributed by atoms with Crippen LogP contribution in [0.3, 0.4) is 0 Å². The van der Waals surface area contributed by atoms with Gasteiger partial charge in [0.05, 0.1) is 12.4 Å². The Bertz CT molecular complexity index is 368. The number of methoxy groups -OCH3 is 1. The molecule has 0 fully saturated rings. The first-order chi connectivity index (χ1) is 9.22. The zero-order valence-corrected chi connectivity index (χ0v) is 12.4. The van der Waals surface area contributed by atoms with E-state index in [0.29, 0.717) is 18.9 Å². The van der Waals surface area contributed by atoms with Gasteiger partial charge in [-0.3, -0.25) is 4.79 Å². The predicted molar refractivity (Wildman–Crippen MR) is 79.7 cm³/mol. The van der Waals surface area contributed by atoms with Crippen LogP contribution in [0.15, 0.2) is 29.2 Å². The first-order valence-electron chi connectivity index (χ1n) is 6.38. The van der Waals surface area contributed by atoms with Crippen molar-refractivity contribution in [3.63, 3.8) is 0 Å². The van der Waals surface area contributed by atoms with Gasteiger partial charge in [-0.2, -0.15) is 0 Å². The highest BCUT2D eigenvalue weighted by molar-refractivity contribution is 8.00. The molecule has 0 aliphatic heterocycles. The maximum absolute atomic E-state index is 11.6. The van der Waals surface area contributed by atoms with Crippen molar-refractivity contribution in [1.29, 1.82) is 0 Å². The molecule has 1 aromatic rings. The number of benzene rings is 1. The van der Waals surface area contributed by atoms with Gasteiger partial charge in [0.15, 0.2) is 0 Å². The number of hydrogen-bond acceptors (Lipinski definition) is 4. The third-order valence-electron chi connectivity index (χ3n) is 2.50. The molecule has 0 saturated carbocycles. The minimum Gasteiger partial charge on any atom is -0.383 e. The van der Waals surface area contributed by atoms with Crippen molar-refractivity contribution in [1.82, 2.24) is 10.6 Å². The molecule has 19 heavy (non-hydrogen) atoms. The summed E-state index contributed by atoms with van der Waals surface area (Å²) >= 11 is 1.56. The van der Waals surface area contributed by atoms with Gasteiger partial charge in [-0.05, 0) is 19.1 Å². The second-order valence-electron chi connectivity index (χ2n) is 4.19. The summed E-state index contributed by atoms with van der Waals surface area (Å²) in [5.41, 5.74) is 1.23. The fraction of sp³-hybridized carbons (Fsp3) is 0.500. The summed E-state index contributed by atoms with van der Waals surface area (Å²) in [6.45, 7) is 4.97. The molecule has 1 amide bonds. The highest BCUT2D eigenvalue weighted by atomic mass is 32.2. The quantitative estimate of drug-likeness (QED) is 0.531. The zero-order chi connectivity index (χ0) is 13.9. The fourth-order valence-electron chi connectivity index (χ4n) is 1.42. The van der Waals surface area contributed by atoms with E-state index in [1.165, 1.54) is 5.56 Å². The van der Waals surface area contributed by atoms with Gasteiger partial charge in [0.1, 0.15) is 0 Å². The van der Waals surface area contributed by atoms with Gasteiger partial charge in [0.25, 0.3) is 0 Å². The lowest BCUT2D eigenvalue weighted by Crippen LogP contribution is -2.33. The highest BCUT2D eigenvalue weighted by Gasteiger charge is 2.01. The normalized spacial score (nSPS) is 10.4. The van der Waals surface area contributed by atoms with Crippen molar-refractivity contribution in [3.05, 3.63) is 29.8 Å². The maximum atomic E-state index is 11.6. The van der Waals surface area contributed by atoms with Crippen molar-refractivity contribution in [2.45, 2.75) is 11.8 Å². The molecule has 0 unspecified atom stereocenters. The molecule has 0 aromatic heterocycles. The minimum atomic E-state index is 0.0686. The van der Waals surface area contributed by atoms with E-state index in [0.717, 1.165) is 18.0 Å². The van der Waals surface area contributed by atoms with E-state index in [1.54, 1.807) is 18.9 Å². The first-order valence-corrected chi connectivity index (χ1v) is 7.37. The van der Waals surface area contributed by atoms with Gasteiger partial charge in [0, 0.05) is 31.6 Å². The summed E-state index contributed by atoms with van der Waals surface area (Å²) in [4.78, 5) is 12.7. The van der Waals surface area contributed by atoms with Crippen molar-refractivity contribution >= 4 is 17.7 Å². The van der Waals surface area contributed by atoms with Gasteiger partial charge in [-0.1, -0.05) is 17.7 Å². The molecule has 5 heteroatoms. The number of ether oxygens (including phenoxy) is 1. The summed E-state index contributed by atoms with van der Waals surface area (Å²) in [7, 11) is 1.67. The smallest absolute Gasteiger partial charge is 0.230 e. The number of aryl methyl sites for hydroxylation is 1. The van der Waals surface area contributed by atoms with E-state index in [9.17, 15) is 4.79 Å². The zero-order valence-electron chi connectivity index (χ0n) is 11.6. The van der Waals surface area contributed by atoms with Crippen LogP contribution in [-0.2, 0) is 9.53 Å². The van der Waals surface area contributed by atoms with Crippen LogP contribution < -0.4 is 10.6 Å². The minimum absolute atomic E-state index is 0.0686. The average molecular weight is 282 g/mol. The Kier molecular flexibility index (Phi) is 8.29. The lowest BCUT2D eigenvalue weighted by atomic mass is 10.2. The van der Waals surface area contributed by atoms with Crippen molar-refractivity contribution < 1.29 is 9.53 Å². The van der Waals surface area contributed by atoms with Crippen LogP contribution in [0.4, 0.5) is 0 Å². The topological polar surface area (TPSA) is 50.4 Å². The molecule has 0 heterocycles. The van der Waals surface area contributed by atoms with Crippen molar-refractivity contribution in [3.8, 4) is 0 Å². The van der Waals surface area contributed by atoms with Gasteiger partial charge in [-0.15, -0.1) is 11.8 Å². The molecule has 0 aliphatic rings.